The summed E-state index contributed by atoms with van der Waals surface area (Å²) in [5.74, 6) is -2.58. The molecule has 3 aliphatic heterocycles. The van der Waals surface area contributed by atoms with Gasteiger partial charge in [-0.2, -0.15) is 0 Å². The van der Waals surface area contributed by atoms with Crippen molar-refractivity contribution in [2.45, 2.75) is 70.7 Å². The summed E-state index contributed by atoms with van der Waals surface area (Å²) in [5, 5.41) is 16.7. The summed E-state index contributed by atoms with van der Waals surface area (Å²) in [5.41, 5.74) is -1.48. The molecule has 0 radical (unpaired) electrons. The van der Waals surface area contributed by atoms with Crippen molar-refractivity contribution in [1.29, 1.82) is 0 Å². The summed E-state index contributed by atoms with van der Waals surface area (Å²) in [6.07, 6.45) is 1.25. The predicted molar refractivity (Wildman–Crippen MR) is 133 cm³/mol. The van der Waals surface area contributed by atoms with Crippen LogP contribution >= 0.6 is 11.6 Å². The van der Waals surface area contributed by atoms with Crippen LogP contribution in [0, 0.1) is 23.7 Å². The van der Waals surface area contributed by atoms with Crippen molar-refractivity contribution in [2.24, 2.45) is 23.7 Å². The minimum absolute atomic E-state index is 0.0404. The fourth-order valence-corrected chi connectivity index (χ4v) is 6.58. The Kier molecular flexibility index (Phi) is 6.94. The van der Waals surface area contributed by atoms with E-state index in [9.17, 15) is 19.5 Å². The highest BCUT2D eigenvalue weighted by atomic mass is 35.5. The van der Waals surface area contributed by atoms with Gasteiger partial charge in [-0.3, -0.25) is 14.4 Å². The van der Waals surface area contributed by atoms with Crippen molar-refractivity contribution < 1.29 is 24.2 Å². The Hall–Kier alpha value is -2.16. The topological polar surface area (TPSA) is 108 Å². The quantitative estimate of drug-likeness (QED) is 0.503. The summed E-state index contributed by atoms with van der Waals surface area (Å²) < 4.78 is 6.68. The van der Waals surface area contributed by atoms with Gasteiger partial charge in [-0.15, -0.1) is 0 Å². The third-order valence-electron chi connectivity index (χ3n) is 8.26. The molecule has 3 unspecified atom stereocenters. The minimum atomic E-state index is -1.15. The van der Waals surface area contributed by atoms with Crippen molar-refractivity contribution in [3.63, 3.8) is 0 Å². The number of aliphatic hydroxyl groups is 1. The molecule has 1 aromatic rings. The fourth-order valence-electron chi connectivity index (χ4n) is 6.46. The fraction of sp³-hybridized carbons (Fsp3) is 0.654. The Morgan fingerprint density at radius 2 is 1.91 bits per heavy atom. The zero-order valence-electron chi connectivity index (χ0n) is 21.0. The maximum Gasteiger partial charge on any atom is 0.250 e. The maximum absolute atomic E-state index is 14.1. The van der Waals surface area contributed by atoms with Crippen LogP contribution in [0.3, 0.4) is 0 Å². The number of carbonyl (C=O) groups excluding carboxylic acids is 3. The van der Waals surface area contributed by atoms with Gasteiger partial charge in [-0.1, -0.05) is 39.3 Å². The zero-order chi connectivity index (χ0) is 25.7. The molecule has 35 heavy (non-hydrogen) atoms. The van der Waals surface area contributed by atoms with Gasteiger partial charge in [0.25, 0.3) is 0 Å². The van der Waals surface area contributed by atoms with E-state index in [0.717, 1.165) is 6.42 Å². The third kappa shape index (κ3) is 3.94. The molecule has 2 bridgehead atoms. The number of nitrogens with zero attached hydrogens (tertiary/aromatic N) is 1. The Bertz CT molecular complexity index is 1000. The summed E-state index contributed by atoms with van der Waals surface area (Å²) in [4.78, 5) is 42.8. The van der Waals surface area contributed by atoms with Crippen LogP contribution in [0.2, 0.25) is 5.02 Å². The van der Waals surface area contributed by atoms with E-state index in [-0.39, 0.29) is 30.3 Å². The van der Waals surface area contributed by atoms with Gasteiger partial charge in [0, 0.05) is 17.3 Å². The number of likely N-dealkylation sites (tertiary alicyclic amines) is 1. The van der Waals surface area contributed by atoms with Crippen LogP contribution in [-0.2, 0) is 19.1 Å². The smallest absolute Gasteiger partial charge is 0.250 e. The van der Waals surface area contributed by atoms with Crippen molar-refractivity contribution in [2.75, 3.05) is 18.5 Å². The second-order valence-corrected chi connectivity index (χ2v) is 11.2. The molecule has 8 nitrogen and oxygen atoms in total. The summed E-state index contributed by atoms with van der Waals surface area (Å²) in [6, 6.07) is 5.17. The third-order valence-corrected chi connectivity index (χ3v) is 8.51. The lowest BCUT2D eigenvalue weighted by atomic mass is 9.62. The molecule has 0 aromatic heterocycles. The van der Waals surface area contributed by atoms with Crippen LogP contribution in [0.25, 0.3) is 0 Å². The minimum Gasteiger partial charge on any atom is -0.394 e. The van der Waals surface area contributed by atoms with Crippen LogP contribution in [0.1, 0.15) is 47.5 Å². The predicted octanol–water partition coefficient (Wildman–Crippen LogP) is 2.83. The number of nitrogens with one attached hydrogen (secondary N) is 2. The lowest BCUT2D eigenvalue weighted by Gasteiger charge is -2.38. The van der Waals surface area contributed by atoms with Gasteiger partial charge >= 0.3 is 0 Å². The highest BCUT2D eigenvalue weighted by Gasteiger charge is 2.80. The average molecular weight is 506 g/mol. The molecular weight excluding hydrogens is 470 g/mol. The van der Waals surface area contributed by atoms with Crippen LogP contribution in [0.4, 0.5) is 5.69 Å². The van der Waals surface area contributed by atoms with Crippen LogP contribution in [-0.4, -0.2) is 64.2 Å². The standard InChI is InChI=1S/C26H36ClN3O5/c1-6-11-28-22(32)19-20-24(34)30(18(13-31)14(2)3)21(26(20)12-15(4)25(19,5)35-26)23(33)29-17-9-7-16(27)8-10-17/h7-10,14-15,18-21,31H,6,11-13H2,1-5H3,(H,28,32)(H,29,33)/t15?,18-,19-,20-,21?,25+,26?/m0/s1. The Morgan fingerprint density at radius 3 is 2.49 bits per heavy atom. The first kappa shape index (κ1) is 25.9. The van der Waals surface area contributed by atoms with E-state index in [4.69, 9.17) is 16.3 Å². The molecular formula is C26H36ClN3O5. The maximum atomic E-state index is 14.1. The molecule has 3 aliphatic rings. The Labute approximate surface area is 211 Å². The molecule has 192 valence electrons. The summed E-state index contributed by atoms with van der Waals surface area (Å²) in [7, 11) is 0. The van der Waals surface area contributed by atoms with E-state index >= 15 is 0 Å². The number of hydrogen-bond donors (Lipinski definition) is 3. The number of aliphatic hydroxyl groups excluding tert-OH is 1. The molecule has 0 saturated carbocycles. The lowest BCUT2D eigenvalue weighted by molar-refractivity contribution is -0.150. The van der Waals surface area contributed by atoms with E-state index in [1.165, 1.54) is 4.90 Å². The molecule has 1 aromatic carbocycles. The first-order valence-electron chi connectivity index (χ1n) is 12.5. The number of benzene rings is 1. The molecule has 3 fully saturated rings. The number of anilines is 1. The number of fused-ring (bicyclic) bond motifs is 1. The van der Waals surface area contributed by atoms with Gasteiger partial charge in [0.1, 0.15) is 11.6 Å². The second-order valence-electron chi connectivity index (χ2n) is 10.7. The van der Waals surface area contributed by atoms with Gasteiger partial charge in [0.15, 0.2) is 0 Å². The van der Waals surface area contributed by atoms with Gasteiger partial charge in [-0.05, 0) is 55.9 Å². The normalized spacial score (nSPS) is 34.3. The van der Waals surface area contributed by atoms with Crippen molar-refractivity contribution >= 4 is 35.0 Å². The SMILES string of the molecule is CCCNC(=O)[C@@H]1[C@H]2C(=O)N([C@@H](CO)C(C)C)C(C(=O)Nc3ccc(Cl)cc3)C23CC(C)[C@@]1(C)O3. The van der Waals surface area contributed by atoms with E-state index in [1.54, 1.807) is 24.3 Å². The van der Waals surface area contributed by atoms with Gasteiger partial charge in [0.2, 0.25) is 17.7 Å². The number of halogens is 1. The van der Waals surface area contributed by atoms with Crippen LogP contribution in [0.15, 0.2) is 24.3 Å². The number of carbonyl (C=O) groups is 3. The van der Waals surface area contributed by atoms with Gasteiger partial charge in [0.05, 0.1) is 30.1 Å². The molecule has 1 spiro atoms. The average Bonchev–Trinajstić information content (AvgIpc) is 3.31. The second kappa shape index (κ2) is 9.37. The Balaban J connectivity index is 1.79. The number of amides is 3. The molecule has 0 aliphatic carbocycles. The molecule has 3 amide bonds. The summed E-state index contributed by atoms with van der Waals surface area (Å²) >= 11 is 6.00. The summed E-state index contributed by atoms with van der Waals surface area (Å²) in [6.45, 7) is 9.89. The van der Waals surface area contributed by atoms with E-state index < -0.39 is 41.0 Å². The van der Waals surface area contributed by atoms with Crippen molar-refractivity contribution in [1.82, 2.24) is 10.2 Å². The van der Waals surface area contributed by atoms with Crippen LogP contribution < -0.4 is 10.6 Å². The number of rotatable bonds is 8. The molecule has 3 saturated heterocycles. The van der Waals surface area contributed by atoms with E-state index in [2.05, 4.69) is 10.6 Å². The zero-order valence-corrected chi connectivity index (χ0v) is 21.8. The Morgan fingerprint density at radius 1 is 1.26 bits per heavy atom. The molecule has 4 rings (SSSR count). The molecule has 7 atom stereocenters. The van der Waals surface area contributed by atoms with Crippen LogP contribution in [0.5, 0.6) is 0 Å². The van der Waals surface area contributed by atoms with Gasteiger partial charge < -0.3 is 25.4 Å². The monoisotopic (exact) mass is 505 g/mol. The molecule has 3 heterocycles. The van der Waals surface area contributed by atoms with Gasteiger partial charge in [-0.25, -0.2) is 0 Å². The highest BCUT2D eigenvalue weighted by Crippen LogP contribution is 2.65. The van der Waals surface area contributed by atoms with Crippen molar-refractivity contribution in [3.8, 4) is 0 Å². The number of ether oxygens (including phenoxy) is 1. The molecule has 3 N–H and O–H groups in total. The molecule has 9 heteroatoms. The largest absolute Gasteiger partial charge is 0.394 e. The van der Waals surface area contributed by atoms with Crippen molar-refractivity contribution in [3.05, 3.63) is 29.3 Å². The highest BCUT2D eigenvalue weighted by molar-refractivity contribution is 6.30. The van der Waals surface area contributed by atoms with E-state index in [0.29, 0.717) is 23.7 Å². The number of hydrogen-bond acceptors (Lipinski definition) is 5. The van der Waals surface area contributed by atoms with E-state index in [1.807, 2.05) is 34.6 Å². The first-order chi connectivity index (χ1) is 16.5. The lowest BCUT2D eigenvalue weighted by Crippen LogP contribution is -2.57. The first-order valence-corrected chi connectivity index (χ1v) is 12.9.